The number of piperazine rings is 1. The number of aromatic nitrogens is 5. The summed E-state index contributed by atoms with van der Waals surface area (Å²) < 4.78 is 1.76. The molecular weight excluding hydrogens is 386 g/mol. The van der Waals surface area contributed by atoms with Crippen molar-refractivity contribution in [2.45, 2.75) is 6.54 Å². The van der Waals surface area contributed by atoms with Crippen molar-refractivity contribution < 1.29 is 0 Å². The quantitative estimate of drug-likeness (QED) is 0.519. The Morgan fingerprint density at radius 1 is 0.897 bits per heavy atom. The molecule has 146 valence electrons. The maximum Gasteiger partial charge on any atom is 0.170 e. The van der Waals surface area contributed by atoms with Gasteiger partial charge in [0.15, 0.2) is 11.5 Å². The number of rotatable bonds is 4. The van der Waals surface area contributed by atoms with E-state index in [9.17, 15) is 0 Å². The minimum Gasteiger partial charge on any atom is -0.353 e. The molecule has 7 nitrogen and oxygen atoms in total. The summed E-state index contributed by atoms with van der Waals surface area (Å²) >= 11 is 6.32. The molecule has 0 radical (unpaired) electrons. The van der Waals surface area contributed by atoms with Gasteiger partial charge in [0.2, 0.25) is 0 Å². The molecule has 1 saturated heterocycles. The van der Waals surface area contributed by atoms with Crippen molar-refractivity contribution in [2.24, 2.45) is 0 Å². The third-order valence-electron chi connectivity index (χ3n) is 5.23. The molecule has 8 heteroatoms. The zero-order valence-corrected chi connectivity index (χ0v) is 16.6. The van der Waals surface area contributed by atoms with Gasteiger partial charge in [0.05, 0.1) is 11.6 Å². The van der Waals surface area contributed by atoms with Crippen LogP contribution < -0.4 is 4.90 Å². The van der Waals surface area contributed by atoms with Gasteiger partial charge in [-0.25, -0.2) is 15.0 Å². The van der Waals surface area contributed by atoms with Crippen LogP contribution in [0, 0.1) is 0 Å². The number of anilines is 1. The van der Waals surface area contributed by atoms with Crippen LogP contribution in [0.5, 0.6) is 0 Å². The first kappa shape index (κ1) is 18.0. The van der Waals surface area contributed by atoms with E-state index in [1.54, 1.807) is 17.2 Å². The van der Waals surface area contributed by atoms with Gasteiger partial charge in [-0.2, -0.15) is 9.78 Å². The highest BCUT2D eigenvalue weighted by Gasteiger charge is 2.22. The van der Waals surface area contributed by atoms with E-state index >= 15 is 0 Å². The molecule has 3 aromatic heterocycles. The van der Waals surface area contributed by atoms with E-state index in [0.29, 0.717) is 0 Å². The van der Waals surface area contributed by atoms with Crippen LogP contribution in [0.25, 0.3) is 16.9 Å². The van der Waals surface area contributed by atoms with Gasteiger partial charge in [-0.1, -0.05) is 35.9 Å². The smallest absolute Gasteiger partial charge is 0.170 e. The number of halogens is 1. The van der Waals surface area contributed by atoms with Crippen LogP contribution in [0.15, 0.2) is 61.2 Å². The number of fused-ring (bicyclic) bond motifs is 1. The van der Waals surface area contributed by atoms with Gasteiger partial charge in [-0.05, 0) is 23.8 Å². The lowest BCUT2D eigenvalue weighted by molar-refractivity contribution is 0.249. The average Bonchev–Trinajstić information content (AvgIpc) is 3.21. The standard InChI is InChI=1S/C21H20ClN7/c22-18-6-2-1-5-16(18)14-27-9-11-28(12-10-27)20-17-13-26-29(21(17)25-15-24-20)19-7-3-4-8-23-19/h1-8,13,15H,9-12,14H2. The Morgan fingerprint density at radius 3 is 2.52 bits per heavy atom. The fourth-order valence-corrected chi connectivity index (χ4v) is 3.91. The average molecular weight is 406 g/mol. The van der Waals surface area contributed by atoms with E-state index in [0.717, 1.165) is 60.4 Å². The Labute approximate surface area is 173 Å². The Hall–Kier alpha value is -3.03. The second kappa shape index (κ2) is 7.77. The third-order valence-corrected chi connectivity index (χ3v) is 5.60. The van der Waals surface area contributed by atoms with Crippen LogP contribution in [0.2, 0.25) is 5.02 Å². The highest BCUT2D eigenvalue weighted by atomic mass is 35.5. The minimum absolute atomic E-state index is 0.747. The van der Waals surface area contributed by atoms with Crippen LogP contribution in [-0.4, -0.2) is 55.8 Å². The summed E-state index contributed by atoms with van der Waals surface area (Å²) in [6.07, 6.45) is 5.19. The van der Waals surface area contributed by atoms with Gasteiger partial charge in [0.1, 0.15) is 12.1 Å². The summed E-state index contributed by atoms with van der Waals surface area (Å²) in [7, 11) is 0. The summed E-state index contributed by atoms with van der Waals surface area (Å²) in [5.41, 5.74) is 1.94. The highest BCUT2D eigenvalue weighted by Crippen LogP contribution is 2.25. The molecule has 0 saturated carbocycles. The third kappa shape index (κ3) is 3.54. The maximum absolute atomic E-state index is 6.32. The van der Waals surface area contributed by atoms with Crippen molar-refractivity contribution in [1.29, 1.82) is 0 Å². The lowest BCUT2D eigenvalue weighted by Crippen LogP contribution is -2.46. The SMILES string of the molecule is Clc1ccccc1CN1CCN(c2ncnc3c2cnn3-c2ccccn2)CC1. The predicted molar refractivity (Wildman–Crippen MR) is 113 cm³/mol. The second-order valence-corrected chi connectivity index (χ2v) is 7.44. The number of benzene rings is 1. The van der Waals surface area contributed by atoms with Gasteiger partial charge < -0.3 is 4.90 Å². The molecule has 0 aliphatic carbocycles. The zero-order chi connectivity index (χ0) is 19.6. The van der Waals surface area contributed by atoms with Crippen LogP contribution in [0.1, 0.15) is 5.56 Å². The largest absolute Gasteiger partial charge is 0.353 e. The maximum atomic E-state index is 6.32. The van der Waals surface area contributed by atoms with Crippen molar-refractivity contribution in [3.8, 4) is 5.82 Å². The number of hydrogen-bond acceptors (Lipinski definition) is 6. The molecule has 0 amide bonds. The fourth-order valence-electron chi connectivity index (χ4n) is 3.72. The molecule has 1 aromatic carbocycles. The Morgan fingerprint density at radius 2 is 1.72 bits per heavy atom. The van der Waals surface area contributed by atoms with Crippen molar-refractivity contribution in [1.82, 2.24) is 29.6 Å². The van der Waals surface area contributed by atoms with E-state index in [1.807, 2.05) is 42.6 Å². The first-order chi connectivity index (χ1) is 14.3. The molecule has 5 rings (SSSR count). The molecule has 0 N–H and O–H groups in total. The van der Waals surface area contributed by atoms with Gasteiger partial charge in [0, 0.05) is 43.9 Å². The Bertz CT molecular complexity index is 1120. The monoisotopic (exact) mass is 405 g/mol. The minimum atomic E-state index is 0.747. The van der Waals surface area contributed by atoms with E-state index in [2.05, 4.69) is 35.9 Å². The van der Waals surface area contributed by atoms with E-state index < -0.39 is 0 Å². The van der Waals surface area contributed by atoms with Gasteiger partial charge in [-0.3, -0.25) is 4.90 Å². The fraction of sp³-hybridized carbons (Fsp3) is 0.238. The van der Waals surface area contributed by atoms with E-state index in [4.69, 9.17) is 11.6 Å². The van der Waals surface area contributed by atoms with Crippen molar-refractivity contribution in [3.63, 3.8) is 0 Å². The zero-order valence-electron chi connectivity index (χ0n) is 15.8. The van der Waals surface area contributed by atoms with E-state index in [-0.39, 0.29) is 0 Å². The molecule has 0 unspecified atom stereocenters. The second-order valence-electron chi connectivity index (χ2n) is 7.03. The number of hydrogen-bond donors (Lipinski definition) is 0. The van der Waals surface area contributed by atoms with Crippen molar-refractivity contribution in [3.05, 3.63) is 71.8 Å². The van der Waals surface area contributed by atoms with Crippen LogP contribution in [0.3, 0.4) is 0 Å². The van der Waals surface area contributed by atoms with Crippen LogP contribution in [0.4, 0.5) is 5.82 Å². The summed E-state index contributed by atoms with van der Waals surface area (Å²) in [4.78, 5) is 18.1. The topological polar surface area (TPSA) is 63.0 Å². The molecular formula is C21H20ClN7. The summed E-state index contributed by atoms with van der Waals surface area (Å²) in [5, 5.41) is 6.27. The molecule has 29 heavy (non-hydrogen) atoms. The summed E-state index contributed by atoms with van der Waals surface area (Å²) in [5.74, 6) is 1.67. The Kier molecular flexibility index (Phi) is 4.83. The lowest BCUT2D eigenvalue weighted by Gasteiger charge is -2.35. The van der Waals surface area contributed by atoms with Crippen LogP contribution >= 0.6 is 11.6 Å². The summed E-state index contributed by atoms with van der Waals surface area (Å²) in [6, 6.07) is 13.8. The molecule has 1 aliphatic heterocycles. The van der Waals surface area contributed by atoms with E-state index in [1.165, 1.54) is 5.56 Å². The number of nitrogens with zero attached hydrogens (tertiary/aromatic N) is 7. The Balaban J connectivity index is 1.35. The molecule has 4 heterocycles. The van der Waals surface area contributed by atoms with Gasteiger partial charge in [0.25, 0.3) is 0 Å². The molecule has 1 aliphatic rings. The summed E-state index contributed by atoms with van der Waals surface area (Å²) in [6.45, 7) is 4.55. The van der Waals surface area contributed by atoms with Gasteiger partial charge in [-0.15, -0.1) is 0 Å². The first-order valence-corrected chi connectivity index (χ1v) is 9.98. The molecule has 1 fully saturated rings. The molecule has 4 aromatic rings. The highest BCUT2D eigenvalue weighted by molar-refractivity contribution is 6.31. The number of pyridine rings is 1. The van der Waals surface area contributed by atoms with Crippen molar-refractivity contribution >= 4 is 28.5 Å². The predicted octanol–water partition coefficient (Wildman–Crippen LogP) is 3.19. The molecule has 0 atom stereocenters. The first-order valence-electron chi connectivity index (χ1n) is 9.60. The van der Waals surface area contributed by atoms with Crippen molar-refractivity contribution in [2.75, 3.05) is 31.1 Å². The normalized spacial score (nSPS) is 15.1. The molecule has 0 spiro atoms. The lowest BCUT2D eigenvalue weighted by atomic mass is 10.2. The van der Waals surface area contributed by atoms with Gasteiger partial charge >= 0.3 is 0 Å². The molecule has 0 bridgehead atoms. The van der Waals surface area contributed by atoms with Crippen LogP contribution in [-0.2, 0) is 6.54 Å².